The van der Waals surface area contributed by atoms with Crippen molar-refractivity contribution >= 4 is 27.9 Å². The molecule has 6 heteroatoms. The van der Waals surface area contributed by atoms with E-state index in [0.717, 1.165) is 25.7 Å². The number of esters is 2. The summed E-state index contributed by atoms with van der Waals surface area (Å²) in [6.45, 7) is 2.60. The molecule has 1 rings (SSSR count). The molecule has 134 valence electrons. The number of hydrogen-bond acceptors (Lipinski definition) is 4. The first-order valence-corrected chi connectivity index (χ1v) is 9.13. The molecule has 0 fully saturated rings. The van der Waals surface area contributed by atoms with Crippen LogP contribution >= 0.6 is 15.9 Å². The van der Waals surface area contributed by atoms with E-state index in [1.165, 1.54) is 18.2 Å². The quantitative estimate of drug-likeness (QED) is 0.290. The lowest BCUT2D eigenvalue weighted by Crippen LogP contribution is -2.09. The number of rotatable bonds is 11. The fourth-order valence-electron chi connectivity index (χ4n) is 2.06. The summed E-state index contributed by atoms with van der Waals surface area (Å²) in [6.07, 6.45) is 5.92. The lowest BCUT2D eigenvalue weighted by molar-refractivity contribution is -0.144. The molecule has 0 aromatic heterocycles. The molecule has 0 amide bonds. The number of halogens is 2. The molecule has 0 heterocycles. The van der Waals surface area contributed by atoms with Gasteiger partial charge in [-0.3, -0.25) is 9.59 Å². The fraction of sp³-hybridized carbons (Fsp3) is 0.556. The first-order valence-electron chi connectivity index (χ1n) is 8.34. The van der Waals surface area contributed by atoms with Crippen LogP contribution in [0.2, 0.25) is 0 Å². The van der Waals surface area contributed by atoms with Crippen molar-refractivity contribution in [1.29, 1.82) is 0 Å². The summed E-state index contributed by atoms with van der Waals surface area (Å²) in [4.78, 5) is 23.2. The van der Waals surface area contributed by atoms with Crippen LogP contribution < -0.4 is 4.74 Å². The highest BCUT2D eigenvalue weighted by atomic mass is 79.9. The SMILES string of the molecule is CCCCCCOC(=O)CCCCC(=O)Oc1ccc(F)cc1Br. The average Bonchev–Trinajstić information content (AvgIpc) is 2.54. The van der Waals surface area contributed by atoms with E-state index in [0.29, 0.717) is 30.3 Å². The third kappa shape index (κ3) is 9.01. The van der Waals surface area contributed by atoms with Crippen LogP contribution in [0.1, 0.15) is 58.3 Å². The third-order valence-corrected chi connectivity index (χ3v) is 4.01. The van der Waals surface area contributed by atoms with Crippen LogP contribution in [0.25, 0.3) is 0 Å². The van der Waals surface area contributed by atoms with E-state index in [9.17, 15) is 14.0 Å². The van der Waals surface area contributed by atoms with Crippen LogP contribution in [0.4, 0.5) is 4.39 Å². The second-order valence-corrected chi connectivity index (χ2v) is 6.39. The number of ether oxygens (including phenoxy) is 2. The largest absolute Gasteiger partial charge is 0.466 e. The zero-order chi connectivity index (χ0) is 17.8. The minimum atomic E-state index is -0.408. The summed E-state index contributed by atoms with van der Waals surface area (Å²) in [7, 11) is 0. The van der Waals surface area contributed by atoms with Gasteiger partial charge in [0, 0.05) is 12.8 Å². The Morgan fingerprint density at radius 1 is 1.04 bits per heavy atom. The van der Waals surface area contributed by atoms with Gasteiger partial charge in [0.25, 0.3) is 0 Å². The smallest absolute Gasteiger partial charge is 0.311 e. The van der Waals surface area contributed by atoms with Gasteiger partial charge >= 0.3 is 11.9 Å². The van der Waals surface area contributed by atoms with Gasteiger partial charge in [0.15, 0.2) is 0 Å². The number of unbranched alkanes of at least 4 members (excludes halogenated alkanes) is 4. The van der Waals surface area contributed by atoms with Gasteiger partial charge in [-0.15, -0.1) is 0 Å². The van der Waals surface area contributed by atoms with Gasteiger partial charge in [-0.25, -0.2) is 4.39 Å². The Labute approximate surface area is 150 Å². The van der Waals surface area contributed by atoms with Crippen LogP contribution in [0.3, 0.4) is 0 Å². The summed E-state index contributed by atoms with van der Waals surface area (Å²) in [5.41, 5.74) is 0. The Balaban J connectivity index is 2.11. The zero-order valence-corrected chi connectivity index (χ0v) is 15.6. The maximum Gasteiger partial charge on any atom is 0.311 e. The molecule has 0 atom stereocenters. The second kappa shape index (κ2) is 12.0. The molecule has 0 saturated carbocycles. The second-order valence-electron chi connectivity index (χ2n) is 5.54. The zero-order valence-electron chi connectivity index (χ0n) is 14.0. The summed E-state index contributed by atoms with van der Waals surface area (Å²) in [5.74, 6) is -0.751. The first-order chi connectivity index (χ1) is 11.5. The van der Waals surface area contributed by atoms with Crippen molar-refractivity contribution in [1.82, 2.24) is 0 Å². The summed E-state index contributed by atoms with van der Waals surface area (Å²) >= 11 is 3.14. The first kappa shape index (κ1) is 20.6. The van der Waals surface area contributed by atoms with Crippen LogP contribution in [0.5, 0.6) is 5.75 Å². The standard InChI is InChI=1S/C18H24BrFO4/c1-2-3-4-7-12-23-17(21)8-5-6-9-18(22)24-16-11-10-14(20)13-15(16)19/h10-11,13H,2-9,12H2,1H3. The molecule has 24 heavy (non-hydrogen) atoms. The molecule has 0 aliphatic heterocycles. The molecule has 0 aliphatic carbocycles. The summed E-state index contributed by atoms with van der Waals surface area (Å²) < 4.78 is 23.6. The van der Waals surface area contributed by atoms with E-state index < -0.39 is 11.8 Å². The van der Waals surface area contributed by atoms with E-state index in [4.69, 9.17) is 9.47 Å². The minimum absolute atomic E-state index is 0.202. The highest BCUT2D eigenvalue weighted by molar-refractivity contribution is 9.10. The van der Waals surface area contributed by atoms with Gasteiger partial charge in [-0.1, -0.05) is 26.2 Å². The topological polar surface area (TPSA) is 52.6 Å². The highest BCUT2D eigenvalue weighted by Crippen LogP contribution is 2.25. The van der Waals surface area contributed by atoms with E-state index in [-0.39, 0.29) is 18.1 Å². The van der Waals surface area contributed by atoms with Gasteiger partial charge in [-0.05, 0) is 53.4 Å². The van der Waals surface area contributed by atoms with Gasteiger partial charge in [0.2, 0.25) is 0 Å². The normalized spacial score (nSPS) is 10.5. The van der Waals surface area contributed by atoms with Crippen LogP contribution in [-0.2, 0) is 14.3 Å². The van der Waals surface area contributed by atoms with Crippen molar-refractivity contribution < 1.29 is 23.5 Å². The Morgan fingerprint density at radius 3 is 2.42 bits per heavy atom. The fourth-order valence-corrected chi connectivity index (χ4v) is 2.49. The molecule has 0 N–H and O–H groups in total. The van der Waals surface area contributed by atoms with Crippen LogP contribution in [0.15, 0.2) is 22.7 Å². The van der Waals surface area contributed by atoms with Gasteiger partial charge in [-0.2, -0.15) is 0 Å². The van der Waals surface area contributed by atoms with Crippen LogP contribution in [-0.4, -0.2) is 18.5 Å². The molecule has 0 spiro atoms. The molecular weight excluding hydrogens is 379 g/mol. The van der Waals surface area contributed by atoms with Crippen molar-refractivity contribution in [2.45, 2.75) is 58.3 Å². The summed E-state index contributed by atoms with van der Waals surface area (Å²) in [6, 6.07) is 3.86. The highest BCUT2D eigenvalue weighted by Gasteiger charge is 2.10. The Kier molecular flexibility index (Phi) is 10.3. The van der Waals surface area contributed by atoms with Crippen molar-refractivity contribution in [3.8, 4) is 5.75 Å². The van der Waals surface area contributed by atoms with E-state index >= 15 is 0 Å². The Hall–Kier alpha value is -1.43. The molecule has 1 aromatic carbocycles. The number of carbonyl (C=O) groups excluding carboxylic acids is 2. The number of benzene rings is 1. The third-order valence-electron chi connectivity index (χ3n) is 3.39. The van der Waals surface area contributed by atoms with E-state index in [1.807, 2.05) is 0 Å². The minimum Gasteiger partial charge on any atom is -0.466 e. The Bertz CT molecular complexity index is 534. The number of carbonyl (C=O) groups is 2. The lowest BCUT2D eigenvalue weighted by atomic mass is 10.2. The lowest BCUT2D eigenvalue weighted by Gasteiger charge is -2.07. The molecule has 0 saturated heterocycles. The number of hydrogen-bond donors (Lipinski definition) is 0. The molecule has 4 nitrogen and oxygen atoms in total. The van der Waals surface area contributed by atoms with Crippen molar-refractivity contribution in [2.24, 2.45) is 0 Å². The molecule has 0 unspecified atom stereocenters. The monoisotopic (exact) mass is 402 g/mol. The molecule has 1 aromatic rings. The van der Waals surface area contributed by atoms with Crippen molar-refractivity contribution in [3.63, 3.8) is 0 Å². The Morgan fingerprint density at radius 2 is 1.75 bits per heavy atom. The molecular formula is C18H24BrFO4. The predicted octanol–water partition coefficient (Wildman–Crippen LogP) is 5.18. The van der Waals surface area contributed by atoms with E-state index in [2.05, 4.69) is 22.9 Å². The van der Waals surface area contributed by atoms with E-state index in [1.54, 1.807) is 0 Å². The van der Waals surface area contributed by atoms with Crippen molar-refractivity contribution in [3.05, 3.63) is 28.5 Å². The average molecular weight is 403 g/mol. The summed E-state index contributed by atoms with van der Waals surface area (Å²) in [5, 5.41) is 0. The van der Waals surface area contributed by atoms with Gasteiger partial charge in [0.05, 0.1) is 11.1 Å². The van der Waals surface area contributed by atoms with Crippen molar-refractivity contribution in [2.75, 3.05) is 6.61 Å². The predicted molar refractivity (Wildman–Crippen MR) is 93.3 cm³/mol. The molecule has 0 radical (unpaired) electrons. The maximum absolute atomic E-state index is 12.9. The molecule has 0 bridgehead atoms. The van der Waals surface area contributed by atoms with Gasteiger partial charge in [0.1, 0.15) is 11.6 Å². The van der Waals surface area contributed by atoms with Gasteiger partial charge < -0.3 is 9.47 Å². The molecule has 0 aliphatic rings. The maximum atomic E-state index is 12.9. The van der Waals surface area contributed by atoms with Crippen LogP contribution in [0, 0.1) is 5.82 Å².